The standard InChI is InChI=1S/C19H14ClNO8S/c1-9-4-17(30(26,27)28)14(8-13(9)20)21-19(25)15(23)5-10-6-18(24)29-16-7-11(22)2-3-12(10)16/h2-4,6-8,22H,5H2,1H3,(H,21,25)(H,26,27,28). The molecule has 0 unspecified atom stereocenters. The normalized spacial score (nSPS) is 11.4. The van der Waals surface area contributed by atoms with E-state index >= 15 is 0 Å². The largest absolute Gasteiger partial charge is 0.508 e. The van der Waals surface area contributed by atoms with Gasteiger partial charge >= 0.3 is 5.63 Å². The molecule has 0 aliphatic carbocycles. The molecule has 9 nitrogen and oxygen atoms in total. The van der Waals surface area contributed by atoms with Gasteiger partial charge in [0.25, 0.3) is 16.0 Å². The smallest absolute Gasteiger partial charge is 0.336 e. The molecule has 0 saturated heterocycles. The van der Waals surface area contributed by atoms with Crippen LogP contribution < -0.4 is 10.9 Å². The third-order valence-electron chi connectivity index (χ3n) is 4.20. The van der Waals surface area contributed by atoms with E-state index in [9.17, 15) is 32.5 Å². The van der Waals surface area contributed by atoms with E-state index in [2.05, 4.69) is 5.32 Å². The molecule has 30 heavy (non-hydrogen) atoms. The molecule has 0 spiro atoms. The van der Waals surface area contributed by atoms with Crippen molar-refractivity contribution >= 4 is 50.1 Å². The molecule has 11 heteroatoms. The van der Waals surface area contributed by atoms with E-state index in [0.717, 1.165) is 18.2 Å². The van der Waals surface area contributed by atoms with Crippen LogP contribution in [0.15, 0.2) is 50.5 Å². The zero-order chi connectivity index (χ0) is 22.2. The fourth-order valence-corrected chi connectivity index (χ4v) is 3.65. The maximum atomic E-state index is 12.4. The first-order valence-corrected chi connectivity index (χ1v) is 10.1. The molecule has 3 aromatic rings. The summed E-state index contributed by atoms with van der Waals surface area (Å²) in [6.45, 7) is 1.50. The minimum atomic E-state index is -4.70. The number of rotatable bonds is 5. The molecule has 156 valence electrons. The van der Waals surface area contributed by atoms with Crippen LogP contribution in [0.3, 0.4) is 0 Å². The van der Waals surface area contributed by atoms with E-state index in [0.29, 0.717) is 10.9 Å². The first-order valence-electron chi connectivity index (χ1n) is 8.33. The summed E-state index contributed by atoms with van der Waals surface area (Å²) in [7, 11) is -4.70. The van der Waals surface area contributed by atoms with Gasteiger partial charge in [-0.3, -0.25) is 14.1 Å². The fraction of sp³-hybridized carbons (Fsp3) is 0.105. The second kappa shape index (κ2) is 7.90. The molecule has 0 aliphatic heterocycles. The van der Waals surface area contributed by atoms with Crippen molar-refractivity contribution in [1.82, 2.24) is 0 Å². The summed E-state index contributed by atoms with van der Waals surface area (Å²) in [6.07, 6.45) is -0.500. The molecule has 0 atom stereocenters. The first-order chi connectivity index (χ1) is 14.0. The summed E-state index contributed by atoms with van der Waals surface area (Å²) in [5, 5.41) is 12.1. The van der Waals surface area contributed by atoms with E-state index in [4.69, 9.17) is 16.0 Å². The number of benzene rings is 2. The van der Waals surface area contributed by atoms with E-state index in [1.807, 2.05) is 0 Å². The monoisotopic (exact) mass is 451 g/mol. The zero-order valence-corrected chi connectivity index (χ0v) is 16.9. The molecule has 0 saturated carbocycles. The van der Waals surface area contributed by atoms with Gasteiger partial charge in [-0.25, -0.2) is 4.79 Å². The molecule has 0 bridgehead atoms. The van der Waals surface area contributed by atoms with Crippen molar-refractivity contribution in [2.24, 2.45) is 0 Å². The Hall–Kier alpha value is -3.21. The quantitative estimate of drug-likeness (QED) is 0.304. The number of hydrogen-bond acceptors (Lipinski definition) is 7. The molecular formula is C19H14ClNO8S. The number of amides is 1. The lowest BCUT2D eigenvalue weighted by atomic mass is 10.0. The number of carbonyl (C=O) groups excluding carboxylic acids is 2. The van der Waals surface area contributed by atoms with E-state index in [1.165, 1.54) is 25.1 Å². The molecule has 0 aliphatic rings. The average Bonchev–Trinajstić information content (AvgIpc) is 2.62. The number of aryl methyl sites for hydroxylation is 1. The second-order valence-electron chi connectivity index (χ2n) is 6.40. The number of Topliss-reactive ketones (excluding diaryl/α,β-unsaturated/α-hetero) is 1. The maximum absolute atomic E-state index is 12.4. The lowest BCUT2D eigenvalue weighted by molar-refractivity contribution is -0.134. The number of hydrogen-bond donors (Lipinski definition) is 3. The Morgan fingerprint density at radius 1 is 1.17 bits per heavy atom. The lowest BCUT2D eigenvalue weighted by Gasteiger charge is -2.11. The van der Waals surface area contributed by atoms with Crippen LogP contribution in [0.5, 0.6) is 5.75 Å². The summed E-state index contributed by atoms with van der Waals surface area (Å²) in [6, 6.07) is 7.13. The molecule has 3 N–H and O–H groups in total. The molecule has 0 fully saturated rings. The number of anilines is 1. The van der Waals surface area contributed by atoms with E-state index in [1.54, 1.807) is 0 Å². The van der Waals surface area contributed by atoms with E-state index < -0.39 is 38.8 Å². The highest BCUT2D eigenvalue weighted by Crippen LogP contribution is 2.28. The highest BCUT2D eigenvalue weighted by molar-refractivity contribution is 7.86. The minimum Gasteiger partial charge on any atom is -0.508 e. The third kappa shape index (κ3) is 4.51. The molecule has 1 aromatic heterocycles. The Labute approximate surface area is 174 Å². The van der Waals surface area contributed by atoms with Crippen molar-refractivity contribution in [1.29, 1.82) is 0 Å². The van der Waals surface area contributed by atoms with Gasteiger partial charge in [0.1, 0.15) is 16.2 Å². The fourth-order valence-electron chi connectivity index (χ4n) is 2.78. The van der Waals surface area contributed by atoms with Crippen molar-refractivity contribution in [3.05, 3.63) is 63.0 Å². The van der Waals surface area contributed by atoms with Gasteiger partial charge < -0.3 is 14.8 Å². The number of phenols is 1. The van der Waals surface area contributed by atoms with Gasteiger partial charge in [0.15, 0.2) is 0 Å². The summed E-state index contributed by atoms with van der Waals surface area (Å²) >= 11 is 5.95. The van der Waals surface area contributed by atoms with Gasteiger partial charge in [-0.05, 0) is 42.3 Å². The lowest BCUT2D eigenvalue weighted by Crippen LogP contribution is -2.26. The predicted molar refractivity (Wildman–Crippen MR) is 107 cm³/mol. The second-order valence-corrected chi connectivity index (χ2v) is 8.19. The number of aromatic hydroxyl groups is 1. The number of halogens is 1. The number of nitrogens with one attached hydrogen (secondary N) is 1. The molecule has 0 radical (unpaired) electrons. The van der Waals surface area contributed by atoms with Crippen molar-refractivity contribution in [3.8, 4) is 5.75 Å². The topological polar surface area (TPSA) is 151 Å². The van der Waals surface area contributed by atoms with Crippen LogP contribution in [-0.2, 0) is 26.1 Å². The summed E-state index contributed by atoms with van der Waals surface area (Å²) < 4.78 is 37.5. The predicted octanol–water partition coefficient (Wildman–Crippen LogP) is 2.46. The maximum Gasteiger partial charge on any atom is 0.336 e. The van der Waals surface area contributed by atoms with Crippen LogP contribution in [0.2, 0.25) is 5.02 Å². The summed E-state index contributed by atoms with van der Waals surface area (Å²) in [5.41, 5.74) is -0.605. The van der Waals surface area contributed by atoms with Crippen LogP contribution in [0, 0.1) is 6.92 Å². The van der Waals surface area contributed by atoms with Crippen LogP contribution >= 0.6 is 11.6 Å². The van der Waals surface area contributed by atoms with Crippen LogP contribution in [0.1, 0.15) is 11.1 Å². The Bertz CT molecular complexity index is 1360. The van der Waals surface area contributed by atoms with Gasteiger partial charge in [0.2, 0.25) is 5.78 Å². The minimum absolute atomic E-state index is 0.0321. The highest BCUT2D eigenvalue weighted by atomic mass is 35.5. The van der Waals surface area contributed by atoms with Crippen LogP contribution in [0.25, 0.3) is 11.0 Å². The molecule has 1 heterocycles. The first kappa shape index (κ1) is 21.5. The average molecular weight is 452 g/mol. The van der Waals surface area contributed by atoms with Crippen molar-refractivity contribution in [2.75, 3.05) is 5.32 Å². The van der Waals surface area contributed by atoms with Gasteiger partial charge in [-0.15, -0.1) is 0 Å². The van der Waals surface area contributed by atoms with Gasteiger partial charge in [0.05, 0.1) is 5.69 Å². The van der Waals surface area contributed by atoms with Gasteiger partial charge in [0, 0.05) is 29.0 Å². The highest BCUT2D eigenvalue weighted by Gasteiger charge is 2.23. The number of ketones is 1. The number of phenolic OH excluding ortho intramolecular Hbond substituents is 1. The van der Waals surface area contributed by atoms with Gasteiger partial charge in [-0.1, -0.05) is 11.6 Å². The van der Waals surface area contributed by atoms with Gasteiger partial charge in [-0.2, -0.15) is 8.42 Å². The van der Waals surface area contributed by atoms with Crippen molar-refractivity contribution in [2.45, 2.75) is 18.2 Å². The Balaban J connectivity index is 1.92. The van der Waals surface area contributed by atoms with Crippen LogP contribution in [-0.4, -0.2) is 29.8 Å². The SMILES string of the molecule is Cc1cc(S(=O)(=O)O)c(NC(=O)C(=O)Cc2cc(=O)oc3cc(O)ccc23)cc1Cl. The number of carbonyl (C=O) groups is 2. The van der Waals surface area contributed by atoms with Crippen molar-refractivity contribution < 1.29 is 32.1 Å². The summed E-state index contributed by atoms with van der Waals surface area (Å²) in [4.78, 5) is 35.9. The molecule has 1 amide bonds. The van der Waals surface area contributed by atoms with Crippen molar-refractivity contribution in [3.63, 3.8) is 0 Å². The third-order valence-corrected chi connectivity index (χ3v) is 5.51. The molecular weight excluding hydrogens is 438 g/mol. The molecule has 3 rings (SSSR count). The Morgan fingerprint density at radius 2 is 1.87 bits per heavy atom. The number of fused-ring (bicyclic) bond motifs is 1. The molecule has 2 aromatic carbocycles. The summed E-state index contributed by atoms with van der Waals surface area (Å²) in [5.74, 6) is -2.33. The van der Waals surface area contributed by atoms with Crippen LogP contribution in [0.4, 0.5) is 5.69 Å². The Kier molecular flexibility index (Phi) is 5.66. The van der Waals surface area contributed by atoms with E-state index in [-0.39, 0.29) is 27.6 Å². The zero-order valence-electron chi connectivity index (χ0n) is 15.3. The Morgan fingerprint density at radius 3 is 2.53 bits per heavy atom.